The lowest BCUT2D eigenvalue weighted by Crippen LogP contribution is -2.29. The Balaban J connectivity index is 1.97. The van der Waals surface area contributed by atoms with Crippen LogP contribution in [0.15, 0.2) is 70.7 Å². The molecule has 1 amide bonds. The highest BCUT2D eigenvalue weighted by Gasteiger charge is 2.47. The number of amides is 1. The lowest BCUT2D eigenvalue weighted by molar-refractivity contribution is -0.132. The topological polar surface area (TPSA) is 57.6 Å². The number of rotatable bonds is 3. The highest BCUT2D eigenvalue weighted by Crippen LogP contribution is 2.43. The van der Waals surface area contributed by atoms with Crippen molar-refractivity contribution in [3.8, 4) is 0 Å². The normalized spacial score (nSPS) is 17.8. The summed E-state index contributed by atoms with van der Waals surface area (Å²) >= 11 is 15.8. The Morgan fingerprint density at radius 3 is 2.25 bits per heavy atom. The van der Waals surface area contributed by atoms with Crippen molar-refractivity contribution < 1.29 is 14.7 Å². The molecule has 1 saturated heterocycles. The van der Waals surface area contributed by atoms with E-state index in [2.05, 4.69) is 15.9 Å². The molecule has 1 atom stereocenters. The third kappa shape index (κ3) is 3.96. The van der Waals surface area contributed by atoms with Crippen molar-refractivity contribution in [3.05, 3.63) is 103 Å². The van der Waals surface area contributed by atoms with Crippen LogP contribution in [-0.4, -0.2) is 16.8 Å². The third-order valence-corrected chi connectivity index (χ3v) is 7.08. The van der Waals surface area contributed by atoms with Gasteiger partial charge in [0.2, 0.25) is 0 Å². The first-order valence-corrected chi connectivity index (χ1v) is 11.3. The molecular weight excluding hydrogens is 513 g/mol. The van der Waals surface area contributed by atoms with Gasteiger partial charge in [-0.25, -0.2) is 0 Å². The van der Waals surface area contributed by atoms with Gasteiger partial charge >= 0.3 is 0 Å². The molecule has 1 N–H and O–H groups in total. The number of benzene rings is 3. The van der Waals surface area contributed by atoms with Crippen LogP contribution in [0, 0.1) is 13.8 Å². The van der Waals surface area contributed by atoms with Gasteiger partial charge < -0.3 is 5.11 Å². The molecule has 0 bridgehead atoms. The summed E-state index contributed by atoms with van der Waals surface area (Å²) in [5.41, 5.74) is 3.44. The van der Waals surface area contributed by atoms with Crippen LogP contribution in [-0.2, 0) is 9.59 Å². The van der Waals surface area contributed by atoms with Crippen molar-refractivity contribution in [1.29, 1.82) is 0 Å². The van der Waals surface area contributed by atoms with E-state index in [1.54, 1.807) is 48.5 Å². The number of carbonyl (C=O) groups excluding carboxylic acids is 2. The van der Waals surface area contributed by atoms with E-state index in [9.17, 15) is 14.7 Å². The second-order valence-electron chi connectivity index (χ2n) is 7.64. The van der Waals surface area contributed by atoms with Gasteiger partial charge in [-0.2, -0.15) is 0 Å². The second kappa shape index (κ2) is 8.74. The predicted octanol–water partition coefficient (Wildman–Crippen LogP) is 7.00. The fraction of sp³-hybridized carbons (Fsp3) is 0.120. The minimum atomic E-state index is -0.864. The summed E-state index contributed by atoms with van der Waals surface area (Å²) in [7, 11) is 0. The van der Waals surface area contributed by atoms with Crippen LogP contribution in [0.5, 0.6) is 0 Å². The second-order valence-corrected chi connectivity index (χ2v) is 9.31. The number of halogens is 3. The predicted molar refractivity (Wildman–Crippen MR) is 131 cm³/mol. The van der Waals surface area contributed by atoms with E-state index in [1.165, 1.54) is 4.90 Å². The standard InChI is InChI=1S/C25H18BrCl2NO3/c1-13-3-7-17(8-4-13)29-22(15-6-10-19(27)20(28)12-15)21(24(31)25(29)32)23(30)16-5-9-18(26)14(2)11-16/h3-12,22,30H,1-2H3/b23-21-. The van der Waals surface area contributed by atoms with Crippen molar-refractivity contribution in [2.75, 3.05) is 4.90 Å². The maximum Gasteiger partial charge on any atom is 0.300 e. The van der Waals surface area contributed by atoms with E-state index in [0.717, 1.165) is 15.6 Å². The summed E-state index contributed by atoms with van der Waals surface area (Å²) in [4.78, 5) is 27.7. The minimum Gasteiger partial charge on any atom is -0.507 e. The van der Waals surface area contributed by atoms with E-state index in [4.69, 9.17) is 23.2 Å². The smallest absolute Gasteiger partial charge is 0.300 e. The third-order valence-electron chi connectivity index (χ3n) is 5.45. The number of nitrogens with zero attached hydrogens (tertiary/aromatic N) is 1. The van der Waals surface area contributed by atoms with E-state index in [0.29, 0.717) is 21.8 Å². The van der Waals surface area contributed by atoms with Gasteiger partial charge in [-0.05, 0) is 61.4 Å². The van der Waals surface area contributed by atoms with Gasteiger partial charge in [0.15, 0.2) is 0 Å². The lowest BCUT2D eigenvalue weighted by atomic mass is 9.94. The summed E-state index contributed by atoms with van der Waals surface area (Å²) in [5.74, 6) is -1.73. The highest BCUT2D eigenvalue weighted by atomic mass is 79.9. The Morgan fingerprint density at radius 1 is 0.938 bits per heavy atom. The molecule has 0 saturated carbocycles. The summed E-state index contributed by atoms with van der Waals surface area (Å²) in [6.45, 7) is 3.81. The van der Waals surface area contributed by atoms with Crippen molar-refractivity contribution in [2.24, 2.45) is 0 Å². The first-order valence-electron chi connectivity index (χ1n) is 9.78. The van der Waals surface area contributed by atoms with E-state index < -0.39 is 17.7 Å². The molecule has 0 spiro atoms. The summed E-state index contributed by atoms with van der Waals surface area (Å²) < 4.78 is 0.871. The molecule has 3 aromatic rings. The van der Waals surface area contributed by atoms with Crippen LogP contribution < -0.4 is 4.90 Å². The zero-order valence-corrected chi connectivity index (χ0v) is 20.3. The van der Waals surface area contributed by atoms with Gasteiger partial charge in [0.1, 0.15) is 5.76 Å². The van der Waals surface area contributed by atoms with Crippen molar-refractivity contribution in [3.63, 3.8) is 0 Å². The van der Waals surface area contributed by atoms with Crippen LogP contribution in [0.25, 0.3) is 5.76 Å². The molecule has 1 aliphatic rings. The summed E-state index contributed by atoms with van der Waals surface area (Å²) in [6, 6.07) is 16.6. The molecule has 0 aromatic heterocycles. The largest absolute Gasteiger partial charge is 0.507 e. The molecule has 1 heterocycles. The van der Waals surface area contributed by atoms with Gasteiger partial charge in [0, 0.05) is 15.7 Å². The SMILES string of the molecule is Cc1ccc(N2C(=O)C(=O)/C(=C(\O)c3ccc(Br)c(C)c3)C2c2ccc(Cl)c(Cl)c2)cc1. The molecule has 4 rings (SSSR count). The quantitative estimate of drug-likeness (QED) is 0.225. The zero-order valence-electron chi connectivity index (χ0n) is 17.2. The Hall–Kier alpha value is -2.60. The number of carbonyl (C=O) groups is 2. The molecule has 0 aliphatic carbocycles. The highest BCUT2D eigenvalue weighted by molar-refractivity contribution is 9.10. The molecule has 0 radical (unpaired) electrons. The molecule has 1 unspecified atom stereocenters. The number of aliphatic hydroxyl groups excluding tert-OH is 1. The van der Waals surface area contributed by atoms with Crippen LogP contribution >= 0.6 is 39.1 Å². The van der Waals surface area contributed by atoms with Crippen LogP contribution in [0.3, 0.4) is 0 Å². The minimum absolute atomic E-state index is 0.00399. The van der Waals surface area contributed by atoms with E-state index >= 15 is 0 Å². The zero-order chi connectivity index (χ0) is 23.2. The van der Waals surface area contributed by atoms with Crippen molar-refractivity contribution >= 4 is 62.3 Å². The fourth-order valence-electron chi connectivity index (χ4n) is 3.75. The maximum atomic E-state index is 13.2. The van der Waals surface area contributed by atoms with Crippen LogP contribution in [0.2, 0.25) is 10.0 Å². The molecule has 32 heavy (non-hydrogen) atoms. The molecule has 1 fully saturated rings. The fourth-order valence-corrected chi connectivity index (χ4v) is 4.30. The molecule has 4 nitrogen and oxygen atoms in total. The Morgan fingerprint density at radius 2 is 1.62 bits per heavy atom. The average molecular weight is 531 g/mol. The molecule has 3 aromatic carbocycles. The molecule has 162 valence electrons. The number of aryl methyl sites for hydroxylation is 2. The summed E-state index contributed by atoms with van der Waals surface area (Å²) in [6.07, 6.45) is 0. The average Bonchev–Trinajstić information content (AvgIpc) is 3.03. The van der Waals surface area contributed by atoms with Gasteiger partial charge in [0.05, 0.1) is 21.7 Å². The number of Topliss-reactive ketones (excluding diaryl/α,β-unsaturated/α-hetero) is 1. The van der Waals surface area contributed by atoms with Gasteiger partial charge in [-0.3, -0.25) is 14.5 Å². The lowest BCUT2D eigenvalue weighted by Gasteiger charge is -2.26. The molecule has 1 aliphatic heterocycles. The first-order chi connectivity index (χ1) is 15.2. The van der Waals surface area contributed by atoms with Crippen LogP contribution in [0.4, 0.5) is 5.69 Å². The monoisotopic (exact) mass is 529 g/mol. The van der Waals surface area contributed by atoms with Gasteiger partial charge in [0.25, 0.3) is 11.7 Å². The van der Waals surface area contributed by atoms with Gasteiger partial charge in [-0.15, -0.1) is 0 Å². The molecule has 7 heteroatoms. The Labute approximate surface area is 204 Å². The number of hydrogen-bond donors (Lipinski definition) is 1. The number of ketones is 1. The number of anilines is 1. The van der Waals surface area contributed by atoms with E-state index in [1.807, 2.05) is 26.0 Å². The first kappa shape index (κ1) is 22.6. The van der Waals surface area contributed by atoms with Crippen molar-refractivity contribution in [2.45, 2.75) is 19.9 Å². The van der Waals surface area contributed by atoms with Crippen LogP contribution in [0.1, 0.15) is 28.3 Å². The number of hydrogen-bond acceptors (Lipinski definition) is 3. The van der Waals surface area contributed by atoms with E-state index in [-0.39, 0.29) is 16.4 Å². The Bertz CT molecular complexity index is 1280. The van der Waals surface area contributed by atoms with Crippen molar-refractivity contribution in [1.82, 2.24) is 0 Å². The Kier molecular flexibility index (Phi) is 6.17. The summed E-state index contributed by atoms with van der Waals surface area (Å²) in [5, 5.41) is 11.8. The van der Waals surface area contributed by atoms with Gasteiger partial charge in [-0.1, -0.05) is 69.0 Å². The molecular formula is C25H18BrCl2NO3. The number of aliphatic hydroxyl groups is 1. The maximum absolute atomic E-state index is 13.2.